The van der Waals surface area contributed by atoms with Gasteiger partial charge in [-0.15, -0.1) is 102 Å². The van der Waals surface area contributed by atoms with Crippen LogP contribution in [0.4, 0.5) is 0 Å². The summed E-state index contributed by atoms with van der Waals surface area (Å²) in [7, 11) is 0. The maximum atomic E-state index is 5.31. The Morgan fingerprint density at radius 2 is 0.576 bits per heavy atom. The molecule has 0 spiro atoms. The summed E-state index contributed by atoms with van der Waals surface area (Å²) in [6.07, 6.45) is 6.26. The molecule has 10 aromatic carbocycles. The number of aromatic nitrogens is 3. The average Bonchev–Trinajstić information content (AvgIpc) is 0.763. The van der Waals surface area contributed by atoms with E-state index in [-0.39, 0.29) is 36.4 Å². The fraction of sp³-hybridized carbons (Fsp3) is 0.138. The van der Waals surface area contributed by atoms with Crippen LogP contribution in [-0.4, -0.2) is 15.0 Å². The van der Waals surface area contributed by atoms with Gasteiger partial charge in [0.2, 0.25) is 0 Å². The largest absolute Gasteiger partial charge is 3.00 e. The van der Waals surface area contributed by atoms with Crippen LogP contribution in [0.2, 0.25) is 0 Å². The van der Waals surface area contributed by atoms with Gasteiger partial charge >= 0.3 is 20.1 Å². The van der Waals surface area contributed by atoms with Crippen molar-refractivity contribution in [2.45, 2.75) is 78.6 Å². The van der Waals surface area contributed by atoms with Crippen molar-refractivity contribution in [1.82, 2.24) is 15.0 Å². The minimum absolute atomic E-state index is 0. The molecule has 0 aliphatic rings. The van der Waals surface area contributed by atoms with Gasteiger partial charge in [0.05, 0.1) is 0 Å². The second-order valence-corrected chi connectivity index (χ2v) is 27.7. The monoisotopic (exact) mass is 1430 g/mol. The van der Waals surface area contributed by atoms with Crippen LogP contribution in [0.1, 0.15) is 79.0 Å². The molecular weight excluding hydrogens is 1360 g/mol. The number of halogens is 1. The molecule has 92 heavy (non-hydrogen) atoms. The summed E-state index contributed by atoms with van der Waals surface area (Å²) in [4.78, 5) is 15.9. The molecule has 0 N–H and O–H groups in total. The van der Waals surface area contributed by atoms with Crippen LogP contribution in [-0.2, 0) is 36.4 Å². The summed E-state index contributed by atoms with van der Waals surface area (Å²) >= 11 is 3.74. The van der Waals surface area contributed by atoms with E-state index in [1.165, 1.54) is 16.7 Å². The van der Waals surface area contributed by atoms with Crippen LogP contribution >= 0.6 is 15.9 Å². The van der Waals surface area contributed by atoms with Crippen LogP contribution < -0.4 is 0 Å². The molecule has 450 valence electrons. The Balaban J connectivity index is 0.00000816. The Hall–Kier alpha value is -9.22. The number of nitrogens with zero attached hydrogens (tertiary/aromatic N) is 3. The smallest absolute Gasteiger partial charge is 0.304 e. The maximum absolute atomic E-state index is 5.31. The van der Waals surface area contributed by atoms with Crippen molar-refractivity contribution in [3.05, 3.63) is 307 Å². The van der Waals surface area contributed by atoms with Crippen molar-refractivity contribution in [2.24, 2.45) is 0 Å². The first-order chi connectivity index (χ1) is 43.9. The summed E-state index contributed by atoms with van der Waals surface area (Å²) in [5.41, 5.74) is 28.0. The molecule has 0 aliphatic carbocycles. The van der Waals surface area contributed by atoms with Crippen molar-refractivity contribution >= 4 is 15.9 Å². The van der Waals surface area contributed by atoms with Gasteiger partial charge in [0.1, 0.15) is 0 Å². The molecule has 0 atom stereocenters. The van der Waals surface area contributed by atoms with Crippen LogP contribution in [0.5, 0.6) is 0 Å². The second-order valence-electron chi connectivity index (χ2n) is 26.7. The van der Waals surface area contributed by atoms with Crippen molar-refractivity contribution in [3.63, 3.8) is 0 Å². The zero-order valence-corrected chi connectivity index (χ0v) is 57.4. The van der Waals surface area contributed by atoms with Gasteiger partial charge in [0.25, 0.3) is 0 Å². The summed E-state index contributed by atoms with van der Waals surface area (Å²) in [5.74, 6) is 0. The molecule has 0 unspecified atom stereocenters. The first-order valence-electron chi connectivity index (χ1n) is 31.3. The van der Waals surface area contributed by atoms with Gasteiger partial charge < -0.3 is 15.0 Å². The summed E-state index contributed by atoms with van der Waals surface area (Å²) in [6, 6.07) is 100. The number of pyridine rings is 3. The minimum Gasteiger partial charge on any atom is -0.304 e. The first-order valence-corrected chi connectivity index (χ1v) is 32.1. The molecule has 0 saturated heterocycles. The molecule has 0 aliphatic heterocycles. The number of rotatable bonds is 12. The second kappa shape index (κ2) is 26.2. The molecular formula is C87H71BrIrN3. The van der Waals surface area contributed by atoms with Crippen molar-refractivity contribution in [1.29, 1.82) is 0 Å². The molecule has 3 nitrogen and oxygen atoms in total. The molecule has 5 heteroatoms. The Morgan fingerprint density at radius 1 is 0.261 bits per heavy atom. The molecule has 0 bridgehead atoms. The fourth-order valence-electron chi connectivity index (χ4n) is 12.3. The van der Waals surface area contributed by atoms with Gasteiger partial charge in [0.15, 0.2) is 0 Å². The van der Waals surface area contributed by atoms with E-state index >= 15 is 0 Å². The summed E-state index contributed by atoms with van der Waals surface area (Å²) in [6.45, 7) is 20.7. The average molecular weight is 1430 g/mol. The normalized spacial score (nSPS) is 11.7. The predicted octanol–water partition coefficient (Wildman–Crippen LogP) is 23.9. The standard InChI is InChI=1S/C87H71BrN3.Ir/c1-85(2,3)66-38-41-70(76(48-66)79-54-89-82(60-32-21-13-22-33-60)51-73(79)57-26-15-10-16-27-57)63-44-64(71-42-39-67(86(4,5)6)49-77(71)80-55-90-83(61-34-23-14-24-35-61)52-74(80)58-28-17-11-18-29-58)46-65(45-63)72-43-40-68(87(7,8)9)50-78(72)81-56-91-84(62-36-25-37-69(88)47-62)53-75(81)59-30-19-12-20-31-59;/h10-32,34,37-56H,1-9H3;/q-3;+3. The Labute approximate surface area is 566 Å². The third-order valence-corrected chi connectivity index (χ3v) is 17.9. The Morgan fingerprint density at radius 3 is 0.880 bits per heavy atom. The fourth-order valence-corrected chi connectivity index (χ4v) is 12.6. The van der Waals surface area contributed by atoms with E-state index in [0.717, 1.165) is 138 Å². The molecule has 3 aromatic heterocycles. The molecule has 13 aromatic rings. The van der Waals surface area contributed by atoms with Crippen molar-refractivity contribution < 1.29 is 20.1 Å². The minimum atomic E-state index is -0.170. The third-order valence-electron chi connectivity index (χ3n) is 17.4. The van der Waals surface area contributed by atoms with E-state index in [2.05, 4.69) is 327 Å². The molecule has 0 saturated carbocycles. The zero-order chi connectivity index (χ0) is 63.0. The van der Waals surface area contributed by atoms with Crippen LogP contribution in [0.25, 0.3) is 134 Å². The van der Waals surface area contributed by atoms with E-state index < -0.39 is 0 Å². The third kappa shape index (κ3) is 13.3. The van der Waals surface area contributed by atoms with Gasteiger partial charge in [-0.2, -0.15) is 0 Å². The van der Waals surface area contributed by atoms with E-state index in [1.807, 2.05) is 36.4 Å². The number of benzene rings is 10. The van der Waals surface area contributed by atoms with Crippen LogP contribution in [0, 0.1) is 18.2 Å². The topological polar surface area (TPSA) is 38.7 Å². The number of hydrogen-bond donors (Lipinski definition) is 0. The van der Waals surface area contributed by atoms with Gasteiger partial charge in [-0.05, 0) is 170 Å². The van der Waals surface area contributed by atoms with E-state index in [1.54, 1.807) is 0 Å². The molecule has 0 amide bonds. The maximum Gasteiger partial charge on any atom is 3.00 e. The first kappa shape index (κ1) is 62.9. The van der Waals surface area contributed by atoms with Gasteiger partial charge in [-0.1, -0.05) is 228 Å². The Kier molecular flexibility index (Phi) is 17.9. The molecule has 0 radical (unpaired) electrons. The van der Waals surface area contributed by atoms with Crippen LogP contribution in [0.3, 0.4) is 0 Å². The predicted molar refractivity (Wildman–Crippen MR) is 385 cm³/mol. The van der Waals surface area contributed by atoms with E-state index in [9.17, 15) is 0 Å². The van der Waals surface area contributed by atoms with Crippen molar-refractivity contribution in [2.75, 3.05) is 0 Å². The van der Waals surface area contributed by atoms with Gasteiger partial charge in [0, 0.05) is 35.3 Å². The van der Waals surface area contributed by atoms with Crippen LogP contribution in [0.15, 0.2) is 272 Å². The number of hydrogen-bond acceptors (Lipinski definition) is 3. The summed E-state index contributed by atoms with van der Waals surface area (Å²) in [5, 5.41) is 0. The van der Waals surface area contributed by atoms with E-state index in [4.69, 9.17) is 15.0 Å². The van der Waals surface area contributed by atoms with E-state index in [0.29, 0.717) is 0 Å². The molecule has 3 heterocycles. The molecule has 13 rings (SSSR count). The molecule has 0 fully saturated rings. The Bertz CT molecular complexity index is 4580. The van der Waals surface area contributed by atoms with Gasteiger partial charge in [-0.25, -0.2) is 0 Å². The zero-order valence-electron chi connectivity index (χ0n) is 53.5. The summed E-state index contributed by atoms with van der Waals surface area (Å²) < 4.78 is 0.974. The quantitative estimate of drug-likeness (QED) is 0.114. The van der Waals surface area contributed by atoms with Crippen molar-refractivity contribution in [3.8, 4) is 134 Å². The SMILES string of the molecule is CC(C)(C)c1ccc(-c2cc(-c3ccc(C(C)(C)C)cc3-c3cnc(-c4[c-]cccc4)cc3-c3ccccc3)cc(-c3ccc(C(C)(C)C)cc3-c3cnc(-c4[c-]ccc(Br)c4)cc3-c3ccccc3)c2)c(-c2cnc(-c3[c-]cccc3)cc2-c2ccccc2)c1.[Ir+3]. The van der Waals surface area contributed by atoms with Gasteiger partial charge in [-0.3, -0.25) is 0 Å².